The second-order valence-corrected chi connectivity index (χ2v) is 11.7. The van der Waals surface area contributed by atoms with Gasteiger partial charge in [0, 0.05) is 39.0 Å². The summed E-state index contributed by atoms with van der Waals surface area (Å²) in [5, 5.41) is 9.35. The van der Waals surface area contributed by atoms with E-state index in [1.165, 1.54) is 26.0 Å². The van der Waals surface area contributed by atoms with E-state index in [0.717, 1.165) is 33.5 Å². The number of carbonyl (C=O) groups excluding carboxylic acids is 1. The summed E-state index contributed by atoms with van der Waals surface area (Å²) in [7, 11) is 0.555. The molecule has 2 aromatic rings. The molecule has 2 heterocycles. The van der Waals surface area contributed by atoms with Crippen LogP contribution in [0.3, 0.4) is 0 Å². The zero-order valence-electron chi connectivity index (χ0n) is 18.2. The van der Waals surface area contributed by atoms with E-state index in [2.05, 4.69) is 29.2 Å². The lowest BCUT2D eigenvalue weighted by atomic mass is 9.98. The molecule has 1 aromatic heterocycles. The van der Waals surface area contributed by atoms with E-state index in [-0.39, 0.29) is 20.0 Å². The van der Waals surface area contributed by atoms with Crippen LogP contribution < -0.4 is 15.2 Å². The van der Waals surface area contributed by atoms with E-state index in [1.54, 1.807) is 12.1 Å². The van der Waals surface area contributed by atoms with Gasteiger partial charge < -0.3 is 5.32 Å². The van der Waals surface area contributed by atoms with Gasteiger partial charge in [-0.15, -0.1) is 0 Å². The van der Waals surface area contributed by atoms with Gasteiger partial charge in [0.05, 0.1) is 11.2 Å². The molecule has 12 heteroatoms. The summed E-state index contributed by atoms with van der Waals surface area (Å²) >= 11 is 6.85. The van der Waals surface area contributed by atoms with Gasteiger partial charge in [-0.25, -0.2) is 22.5 Å². The standard InChI is InChI=1S/C19H25ClN6O3S2/c1-12-11-19(2,3)26(23-12)14-9-7-13(8-10-14)21-17(27)25(6)18-22-15(20)16(30-18)31(28,29)24(4)5/h7-10H,11H2,1-6H3,(H,21,27). The molecule has 0 bridgehead atoms. The Hall–Kier alpha value is -2.21. The number of carbonyl (C=O) groups is 1. The molecule has 0 saturated heterocycles. The number of halogens is 1. The van der Waals surface area contributed by atoms with Crippen LogP contribution in [0.5, 0.6) is 0 Å². The minimum Gasteiger partial charge on any atom is -0.307 e. The van der Waals surface area contributed by atoms with Crippen molar-refractivity contribution in [2.24, 2.45) is 5.10 Å². The van der Waals surface area contributed by atoms with Gasteiger partial charge in [-0.2, -0.15) is 5.10 Å². The Kier molecular flexibility index (Phi) is 6.34. The lowest BCUT2D eigenvalue weighted by Crippen LogP contribution is -2.36. The number of sulfonamides is 1. The van der Waals surface area contributed by atoms with Gasteiger partial charge in [-0.1, -0.05) is 22.9 Å². The number of hydrogen-bond donors (Lipinski definition) is 1. The molecule has 0 aliphatic carbocycles. The summed E-state index contributed by atoms with van der Waals surface area (Å²) in [6.07, 6.45) is 0.887. The minimum absolute atomic E-state index is 0.107. The normalized spacial score (nSPS) is 15.9. The van der Waals surface area contributed by atoms with Crippen LogP contribution in [0, 0.1) is 0 Å². The van der Waals surface area contributed by atoms with Crippen LogP contribution in [-0.2, 0) is 10.0 Å². The van der Waals surface area contributed by atoms with Crippen molar-refractivity contribution in [3.63, 3.8) is 0 Å². The number of aromatic nitrogens is 1. The highest BCUT2D eigenvalue weighted by atomic mass is 35.5. The van der Waals surface area contributed by atoms with E-state index in [4.69, 9.17) is 11.6 Å². The van der Waals surface area contributed by atoms with E-state index >= 15 is 0 Å². The summed E-state index contributed by atoms with van der Waals surface area (Å²) in [6.45, 7) is 6.26. The van der Waals surface area contributed by atoms with Crippen molar-refractivity contribution >= 4 is 61.2 Å². The molecule has 168 valence electrons. The first-order valence-corrected chi connectivity index (χ1v) is 12.0. The predicted octanol–water partition coefficient (Wildman–Crippen LogP) is 4.08. The highest BCUT2D eigenvalue weighted by Gasteiger charge is 2.33. The van der Waals surface area contributed by atoms with Gasteiger partial charge in [0.1, 0.15) is 0 Å². The quantitative estimate of drug-likeness (QED) is 0.689. The molecule has 1 aliphatic rings. The van der Waals surface area contributed by atoms with Gasteiger partial charge in [-0.3, -0.25) is 9.91 Å². The third kappa shape index (κ3) is 4.69. The lowest BCUT2D eigenvalue weighted by molar-refractivity contribution is 0.258. The topological polar surface area (TPSA) is 98.2 Å². The van der Waals surface area contributed by atoms with E-state index < -0.39 is 16.1 Å². The largest absolute Gasteiger partial charge is 0.327 e. The Morgan fingerprint density at radius 2 is 1.84 bits per heavy atom. The highest BCUT2D eigenvalue weighted by molar-refractivity contribution is 7.91. The highest BCUT2D eigenvalue weighted by Crippen LogP contribution is 2.35. The maximum atomic E-state index is 12.7. The number of benzene rings is 1. The van der Waals surface area contributed by atoms with Crippen molar-refractivity contribution in [3.8, 4) is 0 Å². The van der Waals surface area contributed by atoms with Crippen molar-refractivity contribution in [2.75, 3.05) is 36.4 Å². The molecular formula is C19H25ClN6O3S2. The fourth-order valence-corrected chi connectivity index (χ4v) is 6.05. The fraction of sp³-hybridized carbons (Fsp3) is 0.421. The van der Waals surface area contributed by atoms with Crippen molar-refractivity contribution in [3.05, 3.63) is 29.4 Å². The Labute approximate surface area is 191 Å². The van der Waals surface area contributed by atoms with Crippen molar-refractivity contribution in [2.45, 2.75) is 36.9 Å². The number of anilines is 3. The zero-order valence-corrected chi connectivity index (χ0v) is 20.6. The van der Waals surface area contributed by atoms with Gasteiger partial charge in [0.15, 0.2) is 14.5 Å². The zero-order chi connectivity index (χ0) is 23.1. The predicted molar refractivity (Wildman–Crippen MR) is 126 cm³/mol. The number of rotatable bonds is 5. The Morgan fingerprint density at radius 1 is 1.23 bits per heavy atom. The molecule has 9 nitrogen and oxygen atoms in total. The number of hydrazone groups is 1. The summed E-state index contributed by atoms with van der Waals surface area (Å²) in [6, 6.07) is 6.89. The molecule has 1 aliphatic heterocycles. The molecule has 1 N–H and O–H groups in total. The second-order valence-electron chi connectivity index (χ2n) is 8.03. The number of nitrogens with zero attached hydrogens (tertiary/aromatic N) is 5. The molecule has 3 rings (SSSR count). The number of hydrogen-bond acceptors (Lipinski definition) is 7. The number of nitrogens with one attached hydrogen (secondary N) is 1. The summed E-state index contributed by atoms with van der Waals surface area (Å²) in [5.41, 5.74) is 2.48. The van der Waals surface area contributed by atoms with Crippen molar-refractivity contribution in [1.29, 1.82) is 0 Å². The van der Waals surface area contributed by atoms with Crippen molar-refractivity contribution < 1.29 is 13.2 Å². The molecule has 0 spiro atoms. The van der Waals surface area contributed by atoms with E-state index in [9.17, 15) is 13.2 Å². The average molecular weight is 485 g/mol. The van der Waals surface area contributed by atoms with E-state index in [0.29, 0.717) is 5.69 Å². The fourth-order valence-electron chi connectivity index (χ4n) is 3.18. The minimum atomic E-state index is -3.75. The number of thiazole rings is 1. The van der Waals surface area contributed by atoms with Gasteiger partial charge >= 0.3 is 6.03 Å². The van der Waals surface area contributed by atoms with Gasteiger partial charge in [-0.05, 0) is 45.0 Å². The van der Waals surface area contributed by atoms with Crippen LogP contribution >= 0.6 is 22.9 Å². The number of urea groups is 1. The first kappa shape index (κ1) is 23.5. The van der Waals surface area contributed by atoms with Crippen LogP contribution in [0.1, 0.15) is 27.2 Å². The second kappa shape index (κ2) is 8.38. The Balaban J connectivity index is 1.74. The summed E-state index contributed by atoms with van der Waals surface area (Å²) in [4.78, 5) is 17.9. The molecule has 0 atom stereocenters. The molecule has 1 aromatic carbocycles. The van der Waals surface area contributed by atoms with Crippen LogP contribution in [0.15, 0.2) is 33.6 Å². The van der Waals surface area contributed by atoms with Crippen LogP contribution in [0.4, 0.5) is 21.3 Å². The van der Waals surface area contributed by atoms with Crippen LogP contribution in [0.2, 0.25) is 5.15 Å². The third-order valence-corrected chi connectivity index (χ3v) is 8.68. The average Bonchev–Trinajstić information content (AvgIpc) is 3.20. The molecule has 0 saturated carbocycles. The first-order valence-electron chi connectivity index (χ1n) is 9.41. The molecule has 0 fully saturated rings. The lowest BCUT2D eigenvalue weighted by Gasteiger charge is -2.30. The number of amides is 2. The molecular weight excluding hydrogens is 460 g/mol. The molecule has 0 unspecified atom stereocenters. The first-order chi connectivity index (χ1) is 14.3. The van der Waals surface area contributed by atoms with E-state index in [1.807, 2.05) is 24.1 Å². The molecule has 0 radical (unpaired) electrons. The maximum Gasteiger partial charge on any atom is 0.327 e. The molecule has 31 heavy (non-hydrogen) atoms. The smallest absolute Gasteiger partial charge is 0.307 e. The van der Waals surface area contributed by atoms with Gasteiger partial charge in [0.25, 0.3) is 10.0 Å². The Bertz CT molecular complexity index is 1130. The van der Waals surface area contributed by atoms with Gasteiger partial charge in [0.2, 0.25) is 0 Å². The summed E-state index contributed by atoms with van der Waals surface area (Å²) < 4.78 is 25.6. The maximum absolute atomic E-state index is 12.7. The monoisotopic (exact) mass is 484 g/mol. The SMILES string of the molecule is CC1=NN(c2ccc(NC(=O)N(C)c3nc(Cl)c(S(=O)(=O)N(C)C)s3)cc2)C(C)(C)C1. The van der Waals surface area contributed by atoms with Crippen LogP contribution in [-0.4, -0.2) is 56.1 Å². The third-order valence-electron chi connectivity index (χ3n) is 4.75. The van der Waals surface area contributed by atoms with Crippen LogP contribution in [0.25, 0.3) is 0 Å². The Morgan fingerprint density at radius 3 is 2.35 bits per heavy atom. The summed E-state index contributed by atoms with van der Waals surface area (Å²) in [5.74, 6) is 0. The van der Waals surface area contributed by atoms with Crippen molar-refractivity contribution in [1.82, 2.24) is 9.29 Å². The molecule has 2 amide bonds.